The second-order valence-corrected chi connectivity index (χ2v) is 4.43. The largest absolute Gasteiger partial charge is 0.481 e. The van der Waals surface area contributed by atoms with E-state index >= 15 is 0 Å². The predicted molar refractivity (Wildman–Crippen MR) is 64.2 cm³/mol. The molecule has 6 nitrogen and oxygen atoms in total. The molecule has 0 saturated carbocycles. The molecular formula is C13H12N2O4. The summed E-state index contributed by atoms with van der Waals surface area (Å²) in [5.41, 5.74) is 0. The molecule has 0 spiro atoms. The highest BCUT2D eigenvalue weighted by Gasteiger charge is 2.34. The van der Waals surface area contributed by atoms with Gasteiger partial charge >= 0.3 is 5.97 Å². The number of carbonyl (C=O) groups is 1. The van der Waals surface area contributed by atoms with Crippen LogP contribution >= 0.6 is 0 Å². The summed E-state index contributed by atoms with van der Waals surface area (Å²) in [5, 5.41) is 13.0. The molecule has 0 bridgehead atoms. The van der Waals surface area contributed by atoms with Crippen molar-refractivity contribution in [3.8, 4) is 11.6 Å². The number of carboxylic acid groups (broad SMARTS) is 1. The van der Waals surface area contributed by atoms with Gasteiger partial charge in [-0.3, -0.25) is 4.79 Å². The number of aromatic nitrogens is 2. The molecular weight excluding hydrogens is 248 g/mol. The fraction of sp³-hybridized carbons (Fsp3) is 0.308. The van der Waals surface area contributed by atoms with Gasteiger partial charge in [0.25, 0.3) is 0 Å². The molecule has 2 unspecified atom stereocenters. The standard InChI is InChI=1S/C13H12N2O4/c16-13(17)9-5-2-1-4-8(9)12-14-11(15-19-12)10-6-3-7-18-10/h1-3,6-9H,4-5H2,(H,16,17). The molecule has 2 aromatic heterocycles. The van der Waals surface area contributed by atoms with Crippen molar-refractivity contribution in [2.45, 2.75) is 18.8 Å². The summed E-state index contributed by atoms with van der Waals surface area (Å²) in [6.45, 7) is 0. The summed E-state index contributed by atoms with van der Waals surface area (Å²) in [6.07, 6.45) is 6.42. The van der Waals surface area contributed by atoms with Gasteiger partial charge in [-0.2, -0.15) is 4.98 Å². The van der Waals surface area contributed by atoms with Crippen LogP contribution in [-0.2, 0) is 4.79 Å². The molecule has 98 valence electrons. The molecule has 1 N–H and O–H groups in total. The predicted octanol–water partition coefficient (Wildman–Crippen LogP) is 2.46. The van der Waals surface area contributed by atoms with Crippen LogP contribution in [0.15, 0.2) is 39.5 Å². The number of allylic oxidation sites excluding steroid dienone is 2. The third-order valence-electron chi connectivity index (χ3n) is 3.25. The third-order valence-corrected chi connectivity index (χ3v) is 3.25. The summed E-state index contributed by atoms with van der Waals surface area (Å²) < 4.78 is 10.4. The van der Waals surface area contributed by atoms with Crippen molar-refractivity contribution < 1.29 is 18.8 Å². The lowest BCUT2D eigenvalue weighted by atomic mass is 9.83. The maximum atomic E-state index is 11.2. The minimum Gasteiger partial charge on any atom is -0.481 e. The molecule has 0 amide bonds. The van der Waals surface area contributed by atoms with E-state index in [2.05, 4.69) is 10.1 Å². The maximum Gasteiger partial charge on any atom is 0.307 e. The van der Waals surface area contributed by atoms with Crippen molar-refractivity contribution in [1.82, 2.24) is 10.1 Å². The number of nitrogens with zero attached hydrogens (tertiary/aromatic N) is 2. The number of aliphatic carboxylic acids is 1. The summed E-state index contributed by atoms with van der Waals surface area (Å²) in [6, 6.07) is 3.46. The van der Waals surface area contributed by atoms with E-state index < -0.39 is 11.9 Å². The minimum absolute atomic E-state index is 0.279. The monoisotopic (exact) mass is 260 g/mol. The minimum atomic E-state index is -0.841. The molecule has 0 aliphatic heterocycles. The zero-order valence-electron chi connectivity index (χ0n) is 10.0. The zero-order chi connectivity index (χ0) is 13.2. The molecule has 0 saturated heterocycles. The van der Waals surface area contributed by atoms with Gasteiger partial charge in [0.05, 0.1) is 18.1 Å². The van der Waals surface area contributed by atoms with E-state index in [4.69, 9.17) is 8.94 Å². The van der Waals surface area contributed by atoms with Crippen LogP contribution < -0.4 is 0 Å². The summed E-state index contributed by atoms with van der Waals surface area (Å²) in [7, 11) is 0. The quantitative estimate of drug-likeness (QED) is 0.852. The van der Waals surface area contributed by atoms with Gasteiger partial charge in [-0.15, -0.1) is 0 Å². The zero-order valence-corrected chi connectivity index (χ0v) is 10.0. The molecule has 2 aromatic rings. The smallest absolute Gasteiger partial charge is 0.307 e. The highest BCUT2D eigenvalue weighted by atomic mass is 16.5. The number of hydrogen-bond acceptors (Lipinski definition) is 5. The molecule has 1 aliphatic carbocycles. The average Bonchev–Trinajstić information content (AvgIpc) is 3.09. The second kappa shape index (κ2) is 4.72. The number of carboxylic acids is 1. The molecule has 0 aromatic carbocycles. The maximum absolute atomic E-state index is 11.2. The highest BCUT2D eigenvalue weighted by molar-refractivity contribution is 5.71. The third kappa shape index (κ3) is 2.16. The van der Waals surface area contributed by atoms with E-state index in [0.717, 1.165) is 0 Å². The average molecular weight is 260 g/mol. The van der Waals surface area contributed by atoms with Gasteiger partial charge in [-0.05, 0) is 25.0 Å². The van der Waals surface area contributed by atoms with Gasteiger partial charge < -0.3 is 14.0 Å². The normalized spacial score (nSPS) is 22.5. The van der Waals surface area contributed by atoms with Gasteiger partial charge in [0, 0.05) is 0 Å². The molecule has 3 rings (SSSR count). The summed E-state index contributed by atoms with van der Waals surface area (Å²) >= 11 is 0. The Labute approximate surface area is 108 Å². The van der Waals surface area contributed by atoms with Crippen LogP contribution in [0, 0.1) is 5.92 Å². The Morgan fingerprint density at radius 1 is 1.37 bits per heavy atom. The van der Waals surface area contributed by atoms with E-state index in [1.807, 2.05) is 12.2 Å². The van der Waals surface area contributed by atoms with Gasteiger partial charge in [0.15, 0.2) is 5.76 Å². The first kappa shape index (κ1) is 11.7. The molecule has 19 heavy (non-hydrogen) atoms. The van der Waals surface area contributed by atoms with Gasteiger partial charge in [-0.25, -0.2) is 0 Å². The lowest BCUT2D eigenvalue weighted by molar-refractivity contribution is -0.142. The van der Waals surface area contributed by atoms with Crippen molar-refractivity contribution in [2.75, 3.05) is 0 Å². The van der Waals surface area contributed by atoms with Gasteiger partial charge in [-0.1, -0.05) is 17.3 Å². The van der Waals surface area contributed by atoms with Crippen LogP contribution in [0.1, 0.15) is 24.7 Å². The van der Waals surface area contributed by atoms with E-state index in [0.29, 0.717) is 30.3 Å². The SMILES string of the molecule is O=C(O)C1CC=CCC1c1nc(-c2ccco2)no1. The van der Waals surface area contributed by atoms with Gasteiger partial charge in [0.2, 0.25) is 11.7 Å². The molecule has 6 heteroatoms. The Balaban J connectivity index is 1.89. The van der Waals surface area contributed by atoms with Crippen molar-refractivity contribution >= 4 is 5.97 Å². The Morgan fingerprint density at radius 3 is 2.95 bits per heavy atom. The van der Waals surface area contributed by atoms with Crippen molar-refractivity contribution in [3.05, 3.63) is 36.4 Å². The Kier molecular flexibility index (Phi) is 2.91. The van der Waals surface area contributed by atoms with E-state index in [1.54, 1.807) is 12.1 Å². The van der Waals surface area contributed by atoms with Crippen molar-refractivity contribution in [1.29, 1.82) is 0 Å². The molecule has 0 fully saturated rings. The van der Waals surface area contributed by atoms with Crippen LogP contribution in [0.25, 0.3) is 11.6 Å². The highest BCUT2D eigenvalue weighted by Crippen LogP contribution is 2.34. The van der Waals surface area contributed by atoms with E-state index in [-0.39, 0.29) is 5.92 Å². The first-order valence-electron chi connectivity index (χ1n) is 6.01. The fourth-order valence-electron chi connectivity index (χ4n) is 2.25. The number of furan rings is 1. The molecule has 2 heterocycles. The first-order valence-corrected chi connectivity index (χ1v) is 6.01. The van der Waals surface area contributed by atoms with E-state index in [9.17, 15) is 9.90 Å². The topological polar surface area (TPSA) is 89.4 Å². The van der Waals surface area contributed by atoms with Crippen LogP contribution in [0.4, 0.5) is 0 Å². The second-order valence-electron chi connectivity index (χ2n) is 4.43. The van der Waals surface area contributed by atoms with Gasteiger partial charge in [0.1, 0.15) is 0 Å². The van der Waals surface area contributed by atoms with E-state index in [1.165, 1.54) is 6.26 Å². The van der Waals surface area contributed by atoms with Crippen LogP contribution in [0.3, 0.4) is 0 Å². The van der Waals surface area contributed by atoms with Crippen LogP contribution in [-0.4, -0.2) is 21.2 Å². The fourth-order valence-corrected chi connectivity index (χ4v) is 2.25. The lowest BCUT2D eigenvalue weighted by Crippen LogP contribution is -2.23. The molecule has 2 atom stereocenters. The Bertz CT molecular complexity index is 600. The van der Waals surface area contributed by atoms with Crippen molar-refractivity contribution in [3.63, 3.8) is 0 Å². The Hall–Kier alpha value is -2.37. The number of hydrogen-bond donors (Lipinski definition) is 1. The molecule has 0 radical (unpaired) electrons. The van der Waals surface area contributed by atoms with Crippen LogP contribution in [0.2, 0.25) is 0 Å². The van der Waals surface area contributed by atoms with Crippen molar-refractivity contribution in [2.24, 2.45) is 5.92 Å². The first-order chi connectivity index (χ1) is 9.25. The lowest BCUT2D eigenvalue weighted by Gasteiger charge is -2.21. The summed E-state index contributed by atoms with van der Waals surface area (Å²) in [4.78, 5) is 15.5. The summed E-state index contributed by atoms with van der Waals surface area (Å²) in [5.74, 6) is -0.434. The molecule has 1 aliphatic rings. The van der Waals surface area contributed by atoms with Crippen LogP contribution in [0.5, 0.6) is 0 Å². The Morgan fingerprint density at radius 2 is 2.21 bits per heavy atom. The number of rotatable bonds is 3.